The lowest BCUT2D eigenvalue weighted by Crippen LogP contribution is -2.53. The Morgan fingerprint density at radius 2 is 1.67 bits per heavy atom. The van der Waals surface area contributed by atoms with Gasteiger partial charge in [0.25, 0.3) is 11.8 Å². The van der Waals surface area contributed by atoms with Gasteiger partial charge in [0.05, 0.1) is 23.2 Å². The molecule has 0 saturated carbocycles. The summed E-state index contributed by atoms with van der Waals surface area (Å²) < 4.78 is 21.8. The summed E-state index contributed by atoms with van der Waals surface area (Å²) in [6.45, 7) is 3.64. The highest BCUT2D eigenvalue weighted by molar-refractivity contribution is 8.00. The fraction of sp³-hybridized carbons (Fsp3) is 0.139. The van der Waals surface area contributed by atoms with E-state index in [0.29, 0.717) is 26.4 Å². The Balaban J connectivity index is 1.33. The zero-order chi connectivity index (χ0) is 33.3. The first-order valence-corrected chi connectivity index (χ1v) is 17.1. The van der Waals surface area contributed by atoms with Crippen LogP contribution in [-0.4, -0.2) is 22.0 Å². The number of rotatable bonds is 6. The Hall–Kier alpha value is -4.84. The third kappa shape index (κ3) is 4.52. The van der Waals surface area contributed by atoms with E-state index in [1.165, 1.54) is 27.6 Å². The Morgan fingerprint density at radius 1 is 0.938 bits per heavy atom. The summed E-state index contributed by atoms with van der Waals surface area (Å²) in [6, 6.07) is 24.0. The van der Waals surface area contributed by atoms with Gasteiger partial charge in [-0.3, -0.25) is 19.3 Å². The van der Waals surface area contributed by atoms with Crippen molar-refractivity contribution in [2.24, 2.45) is 0 Å². The summed E-state index contributed by atoms with van der Waals surface area (Å²) in [5, 5.41) is 9.75. The van der Waals surface area contributed by atoms with Gasteiger partial charge < -0.3 is 9.32 Å². The highest BCUT2D eigenvalue weighted by Gasteiger charge is 2.66. The zero-order valence-corrected chi connectivity index (χ0v) is 27.9. The number of nitrogens with zero attached hydrogens (tertiary/aromatic N) is 4. The van der Waals surface area contributed by atoms with Crippen molar-refractivity contribution >= 4 is 68.3 Å². The van der Waals surface area contributed by atoms with Crippen molar-refractivity contribution in [3.63, 3.8) is 0 Å². The lowest BCUT2D eigenvalue weighted by molar-refractivity contribution is -0.121. The first kappa shape index (κ1) is 30.5. The van der Waals surface area contributed by atoms with Gasteiger partial charge in [-0.1, -0.05) is 83.2 Å². The summed E-state index contributed by atoms with van der Waals surface area (Å²) >= 11 is 8.59. The quantitative estimate of drug-likeness (QED) is 0.130. The molecule has 8 nitrogen and oxygen atoms in total. The molecule has 0 N–H and O–H groups in total. The molecule has 0 saturated heterocycles. The van der Waals surface area contributed by atoms with Gasteiger partial charge in [0.2, 0.25) is 10.9 Å². The second-order valence-corrected chi connectivity index (χ2v) is 14.3. The molecule has 2 amide bonds. The number of carbonyl (C=O) groups excluding carboxylic acids is 2. The first-order valence-electron chi connectivity index (χ1n) is 15.0. The molecule has 238 valence electrons. The fourth-order valence-electron chi connectivity index (χ4n) is 6.45. The van der Waals surface area contributed by atoms with Crippen LogP contribution in [-0.2, 0) is 22.6 Å². The van der Waals surface area contributed by atoms with Gasteiger partial charge in [-0.15, -0.1) is 10.2 Å². The number of fused-ring (bicyclic) bond motifs is 5. The van der Waals surface area contributed by atoms with E-state index in [1.54, 1.807) is 66.7 Å². The average Bonchev–Trinajstić information content (AvgIpc) is 3.72. The van der Waals surface area contributed by atoms with Crippen LogP contribution in [0.1, 0.15) is 43.9 Å². The van der Waals surface area contributed by atoms with Crippen molar-refractivity contribution in [1.82, 2.24) is 10.2 Å². The van der Waals surface area contributed by atoms with Crippen LogP contribution in [0, 0.1) is 19.7 Å². The molecule has 0 fully saturated rings. The molecular weight excluding hydrogens is 671 g/mol. The van der Waals surface area contributed by atoms with Crippen LogP contribution in [0.3, 0.4) is 0 Å². The van der Waals surface area contributed by atoms with Gasteiger partial charge in [0, 0.05) is 21.9 Å². The van der Waals surface area contributed by atoms with Crippen LogP contribution in [0.15, 0.2) is 98.5 Å². The van der Waals surface area contributed by atoms with Crippen molar-refractivity contribution < 1.29 is 18.4 Å². The minimum Gasteiger partial charge on any atom is -0.450 e. The van der Waals surface area contributed by atoms with E-state index in [9.17, 15) is 14.0 Å². The fourth-order valence-corrected chi connectivity index (χ4v) is 8.42. The van der Waals surface area contributed by atoms with Crippen LogP contribution < -0.4 is 15.2 Å². The summed E-state index contributed by atoms with van der Waals surface area (Å²) in [5.74, 6) is -1.44. The molecule has 1 spiro atoms. The van der Waals surface area contributed by atoms with Crippen molar-refractivity contribution in [3.05, 3.63) is 145 Å². The average molecular weight is 695 g/mol. The minimum atomic E-state index is -1.97. The predicted molar refractivity (Wildman–Crippen MR) is 185 cm³/mol. The van der Waals surface area contributed by atoms with Crippen LogP contribution in [0.4, 0.5) is 15.2 Å². The van der Waals surface area contributed by atoms with E-state index in [4.69, 9.17) is 16.0 Å². The van der Waals surface area contributed by atoms with E-state index in [1.807, 2.05) is 26.0 Å². The summed E-state index contributed by atoms with van der Waals surface area (Å²) in [7, 11) is 0. The van der Waals surface area contributed by atoms with Gasteiger partial charge in [-0.05, 0) is 66.9 Å². The second-order valence-electron chi connectivity index (χ2n) is 11.7. The Labute approximate surface area is 286 Å². The molecule has 2 aromatic heterocycles. The number of benzene rings is 4. The third-order valence-electron chi connectivity index (χ3n) is 8.89. The molecule has 4 heterocycles. The van der Waals surface area contributed by atoms with Crippen molar-refractivity contribution in [2.45, 2.75) is 36.0 Å². The highest BCUT2D eigenvalue weighted by atomic mass is 35.5. The lowest BCUT2D eigenvalue weighted by atomic mass is 9.84. The van der Waals surface area contributed by atoms with Crippen LogP contribution in [0.25, 0.3) is 11.0 Å². The molecule has 1 atom stereocenters. The number of halogens is 2. The molecule has 48 heavy (non-hydrogen) atoms. The first-order chi connectivity index (χ1) is 23.2. The normalized spacial score (nSPS) is 16.8. The van der Waals surface area contributed by atoms with Gasteiger partial charge in [-0.2, -0.15) is 0 Å². The summed E-state index contributed by atoms with van der Waals surface area (Å²) in [4.78, 5) is 47.0. The highest BCUT2D eigenvalue weighted by Crippen LogP contribution is 2.55. The van der Waals surface area contributed by atoms with E-state index in [-0.39, 0.29) is 39.5 Å². The number of aromatic nitrogens is 2. The number of amides is 2. The van der Waals surface area contributed by atoms with Crippen LogP contribution in [0.2, 0.25) is 5.02 Å². The number of hydrogen-bond acceptors (Lipinski definition) is 8. The standard InChI is InChI=1S/C36H24ClFN4O4S2/c1-19-15-24-28(16-20(19)2)46-31-29(30(24)43)36(25-8-4-6-10-27(25)41(33(36)45)17-22-7-3-5-9-26(22)38)42(32(31)44)34-39-40-35(48-34)47-18-21-11-13-23(37)14-12-21/h3-16H,17-18H2,1-2H3. The van der Waals surface area contributed by atoms with E-state index in [0.717, 1.165) is 28.0 Å². The number of carbonyl (C=O) groups is 2. The van der Waals surface area contributed by atoms with E-state index in [2.05, 4.69) is 10.2 Å². The van der Waals surface area contributed by atoms with Gasteiger partial charge >= 0.3 is 0 Å². The maximum atomic E-state index is 15.1. The van der Waals surface area contributed by atoms with Gasteiger partial charge in [-0.25, -0.2) is 4.39 Å². The maximum absolute atomic E-state index is 15.1. The number of aryl methyl sites for hydroxylation is 2. The summed E-state index contributed by atoms with van der Waals surface area (Å²) in [5.41, 5.74) is 1.54. The Bertz CT molecular complexity index is 2380. The molecule has 2 aliphatic heterocycles. The number of hydrogen-bond donors (Lipinski definition) is 0. The van der Waals surface area contributed by atoms with Gasteiger partial charge in [0.15, 0.2) is 15.3 Å². The third-order valence-corrected chi connectivity index (χ3v) is 11.3. The minimum absolute atomic E-state index is 0.0951. The summed E-state index contributed by atoms with van der Waals surface area (Å²) in [6.07, 6.45) is 0. The second kappa shape index (κ2) is 11.4. The Morgan fingerprint density at radius 3 is 2.46 bits per heavy atom. The smallest absolute Gasteiger partial charge is 0.297 e. The van der Waals surface area contributed by atoms with Crippen molar-refractivity contribution in [3.8, 4) is 0 Å². The molecule has 4 aromatic carbocycles. The maximum Gasteiger partial charge on any atom is 0.297 e. The topological polar surface area (TPSA) is 96.6 Å². The van der Waals surface area contributed by atoms with Gasteiger partial charge in [0.1, 0.15) is 11.4 Å². The molecule has 6 aromatic rings. The van der Waals surface area contributed by atoms with Crippen LogP contribution in [0.5, 0.6) is 0 Å². The van der Waals surface area contributed by atoms with E-state index < -0.39 is 28.6 Å². The van der Waals surface area contributed by atoms with Crippen molar-refractivity contribution in [1.29, 1.82) is 0 Å². The number of para-hydroxylation sites is 1. The molecule has 12 heteroatoms. The lowest BCUT2D eigenvalue weighted by Gasteiger charge is -2.32. The molecule has 0 bridgehead atoms. The number of thioether (sulfide) groups is 1. The molecular formula is C36H24ClFN4O4S2. The van der Waals surface area contributed by atoms with Crippen molar-refractivity contribution in [2.75, 3.05) is 9.80 Å². The molecule has 1 unspecified atom stereocenters. The Kier molecular flexibility index (Phi) is 7.24. The molecule has 8 rings (SSSR count). The van der Waals surface area contributed by atoms with E-state index >= 15 is 4.79 Å². The monoisotopic (exact) mass is 694 g/mol. The molecule has 0 aliphatic carbocycles. The zero-order valence-electron chi connectivity index (χ0n) is 25.5. The molecule has 2 aliphatic rings. The molecule has 0 radical (unpaired) electrons. The SMILES string of the molecule is Cc1cc2oc3c(c(=O)c2cc1C)C1(C(=O)N(Cc2ccccc2F)c2ccccc21)N(c1nnc(SCc2ccc(Cl)cc2)s1)C3=O. The largest absolute Gasteiger partial charge is 0.450 e. The number of anilines is 2. The van der Waals surface area contributed by atoms with Crippen LogP contribution >= 0.6 is 34.7 Å². The predicted octanol–water partition coefficient (Wildman–Crippen LogP) is 7.80.